The van der Waals surface area contributed by atoms with Crippen LogP contribution in [0.5, 0.6) is 0 Å². The molecule has 0 aliphatic carbocycles. The molecule has 3 rings (SSSR count). The zero-order valence-electron chi connectivity index (χ0n) is 12.5. The van der Waals surface area contributed by atoms with Gasteiger partial charge in [0.1, 0.15) is 4.32 Å². The van der Waals surface area contributed by atoms with E-state index in [1.165, 1.54) is 16.7 Å². The number of carbonyl (C=O) groups excluding carboxylic acids is 2. The van der Waals surface area contributed by atoms with Crippen molar-refractivity contribution in [3.05, 3.63) is 33.1 Å². The molecule has 0 unspecified atom stereocenters. The van der Waals surface area contributed by atoms with Crippen molar-refractivity contribution in [3.63, 3.8) is 0 Å². The molecule has 1 fully saturated rings. The van der Waals surface area contributed by atoms with E-state index in [4.69, 9.17) is 17.0 Å². The van der Waals surface area contributed by atoms with E-state index < -0.39 is 0 Å². The van der Waals surface area contributed by atoms with Crippen LogP contribution >= 0.6 is 39.9 Å². The van der Waals surface area contributed by atoms with Crippen LogP contribution < -0.4 is 4.90 Å². The second-order valence-electron chi connectivity index (χ2n) is 5.05. The Kier molecular flexibility index (Phi) is 4.59. The predicted octanol–water partition coefficient (Wildman–Crippen LogP) is 2.64. The molecule has 2 heterocycles. The first-order chi connectivity index (χ1) is 11.0. The molecular formula is C15H13BrN2O3S2. The highest BCUT2D eigenvalue weighted by molar-refractivity contribution is 9.10. The van der Waals surface area contributed by atoms with E-state index in [0.717, 1.165) is 15.7 Å². The number of likely N-dealkylation sites (N-methyl/N-ethyl adjacent to an activating group) is 1. The molecule has 5 nitrogen and oxygen atoms in total. The minimum atomic E-state index is -0.235. The maximum atomic E-state index is 12.7. The number of fused-ring (bicyclic) bond motifs is 1. The molecular weight excluding hydrogens is 400 g/mol. The number of rotatable bonds is 3. The van der Waals surface area contributed by atoms with Crippen LogP contribution in [0.4, 0.5) is 5.69 Å². The minimum absolute atomic E-state index is 0.189. The average Bonchev–Trinajstić information content (AvgIpc) is 2.92. The van der Waals surface area contributed by atoms with E-state index in [1.54, 1.807) is 19.1 Å². The Morgan fingerprint density at radius 3 is 2.74 bits per heavy atom. The molecule has 0 radical (unpaired) electrons. The fourth-order valence-electron chi connectivity index (χ4n) is 2.54. The van der Waals surface area contributed by atoms with Crippen molar-refractivity contribution in [2.24, 2.45) is 0 Å². The zero-order valence-corrected chi connectivity index (χ0v) is 15.7. The molecule has 1 aromatic carbocycles. The fourth-order valence-corrected chi connectivity index (χ4v) is 4.28. The molecule has 1 saturated heterocycles. The summed E-state index contributed by atoms with van der Waals surface area (Å²) in [6.07, 6.45) is 0. The van der Waals surface area contributed by atoms with Crippen LogP contribution in [0.1, 0.15) is 5.56 Å². The monoisotopic (exact) mass is 412 g/mol. The Morgan fingerprint density at radius 2 is 2.04 bits per heavy atom. The van der Waals surface area contributed by atoms with Crippen LogP contribution in [0.3, 0.4) is 0 Å². The zero-order chi connectivity index (χ0) is 16.7. The number of benzene rings is 1. The summed E-state index contributed by atoms with van der Waals surface area (Å²) in [7, 11) is 3.27. The lowest BCUT2D eigenvalue weighted by Crippen LogP contribution is -2.31. The quantitative estimate of drug-likeness (QED) is 0.564. The van der Waals surface area contributed by atoms with Crippen LogP contribution in [0.15, 0.2) is 27.6 Å². The molecule has 0 atom stereocenters. The molecule has 2 aliphatic rings. The van der Waals surface area contributed by atoms with E-state index in [-0.39, 0.29) is 11.8 Å². The van der Waals surface area contributed by atoms with Crippen LogP contribution in [0.25, 0.3) is 5.57 Å². The van der Waals surface area contributed by atoms with Crippen molar-refractivity contribution < 1.29 is 14.3 Å². The highest BCUT2D eigenvalue weighted by Crippen LogP contribution is 2.44. The smallest absolute Gasteiger partial charge is 0.267 e. The highest BCUT2D eigenvalue weighted by Gasteiger charge is 2.40. The summed E-state index contributed by atoms with van der Waals surface area (Å²) in [5.41, 5.74) is 1.95. The lowest BCUT2D eigenvalue weighted by atomic mass is 10.1. The summed E-state index contributed by atoms with van der Waals surface area (Å²) < 4.78 is 6.32. The Labute approximate surface area is 151 Å². The third-order valence-electron chi connectivity index (χ3n) is 3.70. The van der Waals surface area contributed by atoms with Gasteiger partial charge in [0.2, 0.25) is 0 Å². The molecule has 0 aromatic heterocycles. The first-order valence-electron chi connectivity index (χ1n) is 6.80. The molecule has 8 heteroatoms. The predicted molar refractivity (Wildman–Crippen MR) is 98.3 cm³/mol. The molecule has 120 valence electrons. The van der Waals surface area contributed by atoms with Crippen LogP contribution in [-0.2, 0) is 14.3 Å². The van der Waals surface area contributed by atoms with Crippen LogP contribution in [0, 0.1) is 0 Å². The third kappa shape index (κ3) is 2.73. The summed E-state index contributed by atoms with van der Waals surface area (Å²) in [5, 5.41) is 0. The molecule has 2 amide bonds. The Hall–Kier alpha value is -1.22. The first kappa shape index (κ1) is 16.6. The lowest BCUT2D eigenvalue weighted by Gasteiger charge is -2.13. The highest BCUT2D eigenvalue weighted by atomic mass is 79.9. The van der Waals surface area contributed by atoms with Gasteiger partial charge in [-0.1, -0.05) is 39.9 Å². The van der Waals surface area contributed by atoms with E-state index in [1.807, 2.05) is 18.2 Å². The molecule has 23 heavy (non-hydrogen) atoms. The van der Waals surface area contributed by atoms with E-state index in [2.05, 4.69) is 15.9 Å². The number of hydrogen-bond acceptors (Lipinski definition) is 5. The van der Waals surface area contributed by atoms with Gasteiger partial charge in [0.25, 0.3) is 11.8 Å². The summed E-state index contributed by atoms with van der Waals surface area (Å²) in [6, 6.07) is 5.58. The molecule has 0 spiro atoms. The molecule has 0 saturated carbocycles. The standard InChI is InChI=1S/C15H13BrN2O3S2/c1-17-10-4-3-8(16)7-9(10)11(13(17)19)12-14(20)18(5-6-21-2)15(22)23-12/h3-4,7H,5-6H2,1-2H3/b12-11-. The van der Waals surface area contributed by atoms with Crippen molar-refractivity contribution in [2.45, 2.75) is 0 Å². The SMILES string of the molecule is COCCN1C(=O)/C(=C2/C(=O)N(C)c3ccc(Br)cc32)SC1=S. The lowest BCUT2D eigenvalue weighted by molar-refractivity contribution is -0.122. The summed E-state index contributed by atoms with van der Waals surface area (Å²) >= 11 is 9.87. The van der Waals surface area contributed by atoms with Crippen molar-refractivity contribution in [2.75, 3.05) is 32.2 Å². The van der Waals surface area contributed by atoms with Crippen LogP contribution in [0.2, 0.25) is 0 Å². The van der Waals surface area contributed by atoms with Gasteiger partial charge in [-0.15, -0.1) is 0 Å². The number of thioether (sulfide) groups is 1. The number of methoxy groups -OCH3 is 1. The second kappa shape index (κ2) is 6.35. The average molecular weight is 413 g/mol. The summed E-state index contributed by atoms with van der Waals surface area (Å²) in [6.45, 7) is 0.776. The number of halogens is 1. The number of thiocarbonyl (C=S) groups is 1. The number of anilines is 1. The van der Waals surface area contributed by atoms with Crippen molar-refractivity contribution in [3.8, 4) is 0 Å². The summed E-state index contributed by atoms with van der Waals surface area (Å²) in [5.74, 6) is -0.424. The van der Waals surface area contributed by atoms with Gasteiger partial charge in [-0.05, 0) is 18.2 Å². The van der Waals surface area contributed by atoms with Gasteiger partial charge >= 0.3 is 0 Å². The van der Waals surface area contributed by atoms with Crippen molar-refractivity contribution in [1.82, 2.24) is 4.90 Å². The fraction of sp³-hybridized carbons (Fsp3) is 0.267. The Morgan fingerprint density at radius 1 is 1.30 bits per heavy atom. The maximum Gasteiger partial charge on any atom is 0.267 e. The third-order valence-corrected chi connectivity index (χ3v) is 5.64. The summed E-state index contributed by atoms with van der Waals surface area (Å²) in [4.78, 5) is 28.7. The van der Waals surface area contributed by atoms with Gasteiger partial charge in [0.05, 0.1) is 29.3 Å². The first-order valence-corrected chi connectivity index (χ1v) is 8.82. The van der Waals surface area contributed by atoms with Gasteiger partial charge < -0.3 is 9.64 Å². The second-order valence-corrected chi connectivity index (χ2v) is 7.61. The largest absolute Gasteiger partial charge is 0.383 e. The number of carbonyl (C=O) groups is 2. The molecule has 0 N–H and O–H groups in total. The van der Waals surface area contributed by atoms with Gasteiger partial charge in [-0.3, -0.25) is 14.5 Å². The van der Waals surface area contributed by atoms with E-state index >= 15 is 0 Å². The number of hydrogen-bond donors (Lipinski definition) is 0. The van der Waals surface area contributed by atoms with Gasteiger partial charge in [-0.25, -0.2) is 0 Å². The topological polar surface area (TPSA) is 49.9 Å². The van der Waals surface area contributed by atoms with Gasteiger partial charge in [0.15, 0.2) is 0 Å². The molecule has 2 aliphatic heterocycles. The maximum absolute atomic E-state index is 12.7. The number of nitrogens with zero attached hydrogens (tertiary/aromatic N) is 2. The Bertz CT molecular complexity index is 763. The molecule has 1 aromatic rings. The van der Waals surface area contributed by atoms with Gasteiger partial charge in [-0.2, -0.15) is 0 Å². The van der Waals surface area contributed by atoms with Crippen molar-refractivity contribution >= 4 is 67.3 Å². The van der Waals surface area contributed by atoms with Gasteiger partial charge in [0, 0.05) is 24.2 Å². The van der Waals surface area contributed by atoms with E-state index in [9.17, 15) is 9.59 Å². The normalized spacial score (nSPS) is 20.7. The Balaban J connectivity index is 2.09. The number of ether oxygens (including phenoxy) is 1. The number of amides is 2. The van der Waals surface area contributed by atoms with E-state index in [0.29, 0.717) is 28.0 Å². The molecule has 0 bridgehead atoms. The minimum Gasteiger partial charge on any atom is -0.383 e. The van der Waals surface area contributed by atoms with Crippen molar-refractivity contribution in [1.29, 1.82) is 0 Å². The van der Waals surface area contributed by atoms with Crippen LogP contribution in [-0.4, -0.2) is 48.3 Å².